The molecule has 0 bridgehead atoms. The van der Waals surface area contributed by atoms with Crippen LogP contribution in [-0.2, 0) is 40.2 Å². The van der Waals surface area contributed by atoms with Crippen LogP contribution in [0, 0.1) is 0 Å². The summed E-state index contributed by atoms with van der Waals surface area (Å²) < 4.78 is 75.6. The van der Waals surface area contributed by atoms with Crippen LogP contribution in [0.3, 0.4) is 0 Å². The first-order chi connectivity index (χ1) is 16.5. The lowest BCUT2D eigenvalue weighted by molar-refractivity contribution is -0.434. The van der Waals surface area contributed by atoms with E-state index in [1.54, 1.807) is 0 Å². The highest BCUT2D eigenvalue weighted by Gasteiger charge is 2.20. The van der Waals surface area contributed by atoms with Crippen LogP contribution in [0.2, 0.25) is 0 Å². The molecule has 0 fully saturated rings. The molecule has 13 nitrogen and oxygen atoms in total. The van der Waals surface area contributed by atoms with Crippen LogP contribution in [0.5, 0.6) is 5.75 Å². The first kappa shape index (κ1) is 26.9. The van der Waals surface area contributed by atoms with Crippen molar-refractivity contribution < 1.29 is 49.9 Å². The third-order valence-electron chi connectivity index (χ3n) is 4.60. The maximum absolute atomic E-state index is 11.9. The summed E-state index contributed by atoms with van der Waals surface area (Å²) in [5, 5.41) is 29.5. The van der Waals surface area contributed by atoms with Gasteiger partial charge in [-0.3, -0.25) is 13.3 Å². The van der Waals surface area contributed by atoms with Crippen molar-refractivity contribution in [1.29, 1.82) is 0 Å². The molecule has 0 radical (unpaired) electrons. The number of aryl methyl sites for hydroxylation is 1. The van der Waals surface area contributed by atoms with Gasteiger partial charge in [0.05, 0.1) is 6.61 Å². The molecule has 3 aromatic carbocycles. The van der Waals surface area contributed by atoms with Gasteiger partial charge in [0.15, 0.2) is 18.1 Å². The molecule has 0 saturated carbocycles. The number of hydrogen-bond acceptors (Lipinski definition) is 12. The summed E-state index contributed by atoms with van der Waals surface area (Å²) in [5.74, 6) is -0.449. The van der Waals surface area contributed by atoms with Crippen molar-refractivity contribution in [2.24, 2.45) is 10.2 Å². The summed E-state index contributed by atoms with van der Waals surface area (Å²) in [6.07, 6.45) is 0.751. The number of hydrogen-bond donors (Lipinski definition) is 4. The molecule has 0 heterocycles. The number of phenolic OH excluding ortho intramolecular Hbond substituents is 1. The van der Waals surface area contributed by atoms with Gasteiger partial charge >= 0.3 is 0 Å². The smallest absolute Gasteiger partial charge is 0.296 e. The fraction of sp³-hybridized carbons (Fsp3) is 0.158. The SMILES string of the molecule is O=S(=O)(O)c1cc(CCCOSOOO)ccc1N=Nc1cc(S(=O)(=O)O)c2ccccc2c1O. The lowest BCUT2D eigenvalue weighted by Crippen LogP contribution is -2.01. The van der Waals surface area contributed by atoms with Crippen molar-refractivity contribution >= 4 is 54.7 Å². The molecule has 0 unspecified atom stereocenters. The zero-order valence-corrected chi connectivity index (χ0v) is 20.0. The predicted octanol–water partition coefficient (Wildman–Crippen LogP) is 4.39. The van der Waals surface area contributed by atoms with Gasteiger partial charge in [0.1, 0.15) is 21.2 Å². The Labute approximate surface area is 203 Å². The molecule has 0 aliphatic rings. The van der Waals surface area contributed by atoms with E-state index in [-0.39, 0.29) is 28.8 Å². The zero-order chi connectivity index (χ0) is 25.6. The van der Waals surface area contributed by atoms with Crippen LogP contribution in [0.25, 0.3) is 10.8 Å². The third kappa shape index (κ3) is 6.94. The minimum absolute atomic E-state index is 0.0484. The quantitative estimate of drug-likeness (QED) is 0.0660. The highest BCUT2D eigenvalue weighted by molar-refractivity contribution is 7.89. The summed E-state index contributed by atoms with van der Waals surface area (Å²) >= 11 is 0.398. The molecule has 0 saturated heterocycles. The molecule has 16 heteroatoms. The molecule has 3 aromatic rings. The molecule has 0 aliphatic heterocycles. The van der Waals surface area contributed by atoms with E-state index in [1.165, 1.54) is 42.5 Å². The maximum atomic E-state index is 11.9. The van der Waals surface area contributed by atoms with Crippen LogP contribution in [0.4, 0.5) is 11.4 Å². The lowest BCUT2D eigenvalue weighted by Gasteiger charge is -2.09. The van der Waals surface area contributed by atoms with Crippen molar-refractivity contribution in [1.82, 2.24) is 0 Å². The monoisotopic (exact) mass is 546 g/mol. The number of fused-ring (bicyclic) bond motifs is 1. The lowest BCUT2D eigenvalue weighted by atomic mass is 10.1. The molecule has 35 heavy (non-hydrogen) atoms. The Morgan fingerprint density at radius 1 is 0.857 bits per heavy atom. The van der Waals surface area contributed by atoms with Gasteiger partial charge in [-0.1, -0.05) is 35.4 Å². The van der Waals surface area contributed by atoms with Crippen molar-refractivity contribution in [2.45, 2.75) is 22.6 Å². The first-order valence-corrected chi connectivity index (χ1v) is 13.1. The van der Waals surface area contributed by atoms with Gasteiger partial charge in [0.2, 0.25) is 0 Å². The Morgan fingerprint density at radius 3 is 2.17 bits per heavy atom. The van der Waals surface area contributed by atoms with Crippen LogP contribution >= 0.6 is 12.3 Å². The van der Waals surface area contributed by atoms with E-state index in [0.717, 1.165) is 6.07 Å². The first-order valence-electron chi connectivity index (χ1n) is 9.53. The summed E-state index contributed by atoms with van der Waals surface area (Å²) in [6, 6.07) is 10.7. The highest BCUT2D eigenvalue weighted by atomic mass is 32.2. The van der Waals surface area contributed by atoms with Crippen LogP contribution in [0.15, 0.2) is 68.6 Å². The van der Waals surface area contributed by atoms with Gasteiger partial charge in [-0.05, 0) is 36.6 Å². The van der Waals surface area contributed by atoms with Crippen molar-refractivity contribution in [3.63, 3.8) is 0 Å². The molecule has 188 valence electrons. The van der Waals surface area contributed by atoms with Gasteiger partial charge in [0.25, 0.3) is 20.2 Å². The van der Waals surface area contributed by atoms with E-state index in [0.29, 0.717) is 30.7 Å². The topological polar surface area (TPSA) is 202 Å². The second-order valence-corrected chi connectivity index (χ2v) is 10.2. The number of rotatable bonds is 11. The largest absolute Gasteiger partial charge is 0.505 e. The Bertz CT molecular complexity index is 1460. The summed E-state index contributed by atoms with van der Waals surface area (Å²) in [5.41, 5.74) is -0.130. The number of aromatic hydroxyl groups is 1. The Hall–Kier alpha value is -2.67. The summed E-state index contributed by atoms with van der Waals surface area (Å²) in [7, 11) is -9.42. The fourth-order valence-corrected chi connectivity index (χ4v) is 4.75. The van der Waals surface area contributed by atoms with E-state index in [9.17, 15) is 31.0 Å². The van der Waals surface area contributed by atoms with E-state index in [1.807, 2.05) is 0 Å². The maximum Gasteiger partial charge on any atom is 0.296 e. The Morgan fingerprint density at radius 2 is 1.51 bits per heavy atom. The van der Waals surface area contributed by atoms with E-state index < -0.39 is 35.8 Å². The van der Waals surface area contributed by atoms with Gasteiger partial charge < -0.3 is 5.11 Å². The molecular weight excluding hydrogens is 528 g/mol. The third-order valence-corrected chi connectivity index (χ3v) is 6.76. The van der Waals surface area contributed by atoms with Crippen molar-refractivity contribution in [3.8, 4) is 5.75 Å². The average Bonchev–Trinajstić information content (AvgIpc) is 2.80. The number of azo groups is 1. The molecule has 0 aromatic heterocycles. The van der Waals surface area contributed by atoms with Crippen LogP contribution < -0.4 is 0 Å². The van der Waals surface area contributed by atoms with Crippen molar-refractivity contribution in [3.05, 3.63) is 54.1 Å². The molecule has 3 rings (SSSR count). The Kier molecular flexibility index (Phi) is 8.75. The Balaban J connectivity index is 1.94. The predicted molar refractivity (Wildman–Crippen MR) is 123 cm³/mol. The molecule has 0 aliphatic carbocycles. The zero-order valence-electron chi connectivity index (χ0n) is 17.5. The summed E-state index contributed by atoms with van der Waals surface area (Å²) in [4.78, 5) is -1.09. The van der Waals surface area contributed by atoms with Gasteiger partial charge in [-0.25, -0.2) is 5.26 Å². The number of phenols is 1. The molecule has 0 spiro atoms. The summed E-state index contributed by atoms with van der Waals surface area (Å²) in [6.45, 7) is 0.161. The van der Waals surface area contributed by atoms with E-state index in [4.69, 9.17) is 9.44 Å². The normalized spacial score (nSPS) is 12.5. The van der Waals surface area contributed by atoms with Gasteiger partial charge in [-0.2, -0.15) is 16.8 Å². The second-order valence-electron chi connectivity index (χ2n) is 6.88. The second kappa shape index (κ2) is 11.4. The molecular formula is C19H18N2O11S3. The fourth-order valence-electron chi connectivity index (χ4n) is 3.11. The minimum atomic E-state index is -4.73. The van der Waals surface area contributed by atoms with Gasteiger partial charge in [-0.15, -0.1) is 14.6 Å². The number of benzene rings is 3. The van der Waals surface area contributed by atoms with Crippen molar-refractivity contribution in [2.75, 3.05) is 6.61 Å². The average molecular weight is 547 g/mol. The standard InChI is InChI=1S/C19H18N2O11S3/c22-19-14-6-2-1-5-13(14)17(34(24,25)26)11-16(19)21-20-15-8-7-12(10-18(15)35(27,28)29)4-3-9-30-33-32-31-23/h1-2,5-8,10-11,22-23H,3-4,9H2,(H,24,25,26)(H,27,28,29). The minimum Gasteiger partial charge on any atom is -0.505 e. The molecule has 0 atom stereocenters. The van der Waals surface area contributed by atoms with Crippen LogP contribution in [-0.4, -0.2) is 42.9 Å². The highest BCUT2D eigenvalue weighted by Crippen LogP contribution is 2.40. The molecule has 4 N–H and O–H groups in total. The van der Waals surface area contributed by atoms with E-state index >= 15 is 0 Å². The van der Waals surface area contributed by atoms with E-state index in [2.05, 4.69) is 19.6 Å². The number of nitrogens with zero attached hydrogens (tertiary/aromatic N) is 2. The van der Waals surface area contributed by atoms with Gasteiger partial charge in [0, 0.05) is 10.8 Å². The van der Waals surface area contributed by atoms with Crippen LogP contribution in [0.1, 0.15) is 12.0 Å². The molecule has 0 amide bonds.